The molecule has 14 nitrogen and oxygen atoms in total. The second-order valence-electron chi connectivity index (χ2n) is 7.05. The van der Waals surface area contributed by atoms with Gasteiger partial charge in [-0.15, -0.1) is 0 Å². The van der Waals surface area contributed by atoms with Crippen molar-refractivity contribution in [1.29, 1.82) is 0 Å². The molecule has 0 aliphatic heterocycles. The number of rotatable bonds is 6. The number of thiocarbonyl (C=S) groups is 2. The second-order valence-corrected chi connectivity index (χ2v) is 7.42. The zero-order chi connectivity index (χ0) is 31.7. The van der Waals surface area contributed by atoms with E-state index in [4.69, 9.17) is 10.8 Å². The number of carbonyl (C=O) groups is 4. The van der Waals surface area contributed by atoms with Gasteiger partial charge in [-0.05, 0) is 48.5 Å². The number of carboxylic acid groups (broad SMARTS) is 4. The number of hydrogen-bond acceptors (Lipinski definition) is 14. The molecule has 0 aromatic carbocycles. The van der Waals surface area contributed by atoms with Gasteiger partial charge < -0.3 is 50.4 Å². The van der Waals surface area contributed by atoms with Gasteiger partial charge in [0.15, 0.2) is 0 Å². The smallest absolute Gasteiger partial charge is 0.753 e. The molecular weight excluding hydrogens is 690 g/mol. The summed E-state index contributed by atoms with van der Waals surface area (Å²) in [5, 5.41) is 59.7. The first-order valence-corrected chi connectivity index (χ1v) is 11.5. The minimum Gasteiger partial charge on any atom is -0.753 e. The van der Waals surface area contributed by atoms with Gasteiger partial charge >= 0.3 is 19.5 Å². The molecule has 0 saturated heterocycles. The molecule has 4 rings (SSSR count). The minimum atomic E-state index is -1.34. The third-order valence-corrected chi connectivity index (χ3v) is 4.51. The van der Waals surface area contributed by atoms with Crippen molar-refractivity contribution in [2.45, 2.75) is 0 Å². The number of carbonyl (C=O) groups excluding carboxylic acids is 4. The molecule has 0 fully saturated rings. The Balaban J connectivity index is 0.000000680. The number of pyridine rings is 4. The molecule has 0 aliphatic rings. The number of carboxylic acids is 4. The van der Waals surface area contributed by atoms with Gasteiger partial charge in [0.05, 0.1) is 46.7 Å². The fourth-order valence-electron chi connectivity index (χ4n) is 2.79. The molecule has 0 unspecified atom stereocenters. The van der Waals surface area contributed by atoms with E-state index in [1.165, 1.54) is 83.6 Å². The van der Waals surface area contributed by atoms with Crippen molar-refractivity contribution >= 4 is 58.6 Å². The molecule has 43 heavy (non-hydrogen) atoms. The summed E-state index contributed by atoms with van der Waals surface area (Å²) in [7, 11) is 0. The van der Waals surface area contributed by atoms with Crippen LogP contribution in [-0.2, 0) is 19.5 Å². The van der Waals surface area contributed by atoms with Gasteiger partial charge in [0.2, 0.25) is 0 Å². The van der Waals surface area contributed by atoms with Gasteiger partial charge in [-0.3, -0.25) is 19.9 Å². The quantitative estimate of drug-likeness (QED) is 0.134. The molecule has 4 aromatic heterocycles. The maximum Gasteiger partial charge on any atom is 2.00 e. The van der Waals surface area contributed by atoms with Crippen LogP contribution in [0.2, 0.25) is 0 Å². The molecule has 0 spiro atoms. The molecule has 0 atom stereocenters. The molecule has 0 radical (unpaired) electrons. The summed E-state index contributed by atoms with van der Waals surface area (Å²) in [6.07, 6.45) is 5.14. The van der Waals surface area contributed by atoms with E-state index >= 15 is 0 Å². The molecule has 218 valence electrons. The van der Waals surface area contributed by atoms with Crippen LogP contribution in [0.3, 0.4) is 0 Å². The predicted octanol–water partition coefficient (Wildman–Crippen LogP) is -0.944. The van der Waals surface area contributed by atoms with Crippen molar-refractivity contribution in [3.8, 4) is 22.8 Å². The number of nitrogens with zero attached hydrogens (tertiary/aromatic N) is 6. The van der Waals surface area contributed by atoms with Crippen molar-refractivity contribution < 1.29 is 59.1 Å². The molecule has 4 heterocycles. The summed E-state index contributed by atoms with van der Waals surface area (Å²) in [4.78, 5) is 58.5. The van der Waals surface area contributed by atoms with Crippen LogP contribution in [0, 0.1) is 0 Å². The van der Waals surface area contributed by atoms with Crippen LogP contribution in [0.4, 0.5) is 0 Å². The second kappa shape index (κ2) is 19.7. The standard InChI is InChI=1S/2C12H8N2O4.2CNS.Ru/c2*15-11(16)7-1-3-13-9(5-7)10-6-8(12(17)18)2-4-14-10;2*2-1-3;/h2*1-6H,(H,15,16)(H,17,18);;;/q;;2*-1;+2/p-4. The topological polar surface area (TPSA) is 257 Å². The van der Waals surface area contributed by atoms with Gasteiger partial charge in [-0.1, -0.05) is 24.4 Å². The zero-order valence-corrected chi connectivity index (χ0v) is 24.4. The molecule has 0 amide bonds. The van der Waals surface area contributed by atoms with Crippen LogP contribution in [0.5, 0.6) is 0 Å². The Morgan fingerprint density at radius 2 is 0.674 bits per heavy atom. The molecule has 0 saturated carbocycles. The van der Waals surface area contributed by atoms with Crippen molar-refractivity contribution in [3.63, 3.8) is 0 Å². The fraction of sp³-hybridized carbons (Fsp3) is 0. The van der Waals surface area contributed by atoms with E-state index in [1.54, 1.807) is 0 Å². The maximum absolute atomic E-state index is 10.7. The first kappa shape index (κ1) is 37.7. The Kier molecular flexibility index (Phi) is 17.3. The third-order valence-electron chi connectivity index (χ3n) is 4.51. The first-order valence-electron chi connectivity index (χ1n) is 10.7. The van der Waals surface area contributed by atoms with E-state index in [9.17, 15) is 39.6 Å². The Morgan fingerprint density at radius 3 is 0.814 bits per heavy atom. The van der Waals surface area contributed by atoms with E-state index in [2.05, 4.69) is 44.4 Å². The van der Waals surface area contributed by atoms with Gasteiger partial charge in [0.1, 0.15) is 0 Å². The molecular formula is C26H12N6O8RuS2-4. The van der Waals surface area contributed by atoms with Crippen LogP contribution in [-0.4, -0.2) is 54.1 Å². The summed E-state index contributed by atoms with van der Waals surface area (Å²) < 4.78 is 0. The van der Waals surface area contributed by atoms with E-state index in [-0.39, 0.29) is 64.5 Å². The summed E-state index contributed by atoms with van der Waals surface area (Å²) in [6.45, 7) is 0. The van der Waals surface area contributed by atoms with Gasteiger partial charge in [-0.2, -0.15) is 10.3 Å². The van der Waals surface area contributed by atoms with E-state index in [1.807, 2.05) is 0 Å². The molecule has 0 aliphatic carbocycles. The van der Waals surface area contributed by atoms with Crippen LogP contribution in [0.1, 0.15) is 41.4 Å². The summed E-state index contributed by atoms with van der Waals surface area (Å²) in [5.74, 6) is -5.35. The monoisotopic (exact) mass is 702 g/mol. The van der Waals surface area contributed by atoms with Crippen LogP contribution >= 0.6 is 24.4 Å². The average Bonchev–Trinajstić information content (AvgIpc) is 2.98. The van der Waals surface area contributed by atoms with E-state index in [0.29, 0.717) is 0 Å². The Labute approximate surface area is 265 Å². The normalized spacial score (nSPS) is 8.74. The van der Waals surface area contributed by atoms with Crippen LogP contribution < -0.4 is 20.4 Å². The molecule has 0 bridgehead atoms. The van der Waals surface area contributed by atoms with Crippen molar-refractivity contribution in [1.82, 2.24) is 19.9 Å². The number of hydrogen-bond donors (Lipinski definition) is 0. The summed E-state index contributed by atoms with van der Waals surface area (Å²) in [5.41, 5.74) is 0.779. The summed E-state index contributed by atoms with van der Waals surface area (Å²) >= 11 is 7.40. The fourth-order valence-corrected chi connectivity index (χ4v) is 2.79. The number of aromatic nitrogens is 4. The van der Waals surface area contributed by atoms with Gasteiger partial charge in [0.25, 0.3) is 0 Å². The first-order chi connectivity index (χ1) is 20.0. The number of isothiocyanates is 2. The van der Waals surface area contributed by atoms with Crippen molar-refractivity contribution in [2.24, 2.45) is 0 Å². The largest absolute Gasteiger partial charge is 2.00 e. The van der Waals surface area contributed by atoms with Crippen molar-refractivity contribution in [2.75, 3.05) is 0 Å². The predicted molar refractivity (Wildman–Crippen MR) is 144 cm³/mol. The Morgan fingerprint density at radius 1 is 0.512 bits per heavy atom. The van der Waals surface area contributed by atoms with Crippen molar-refractivity contribution in [3.05, 3.63) is 106 Å². The van der Waals surface area contributed by atoms with E-state index < -0.39 is 23.9 Å². The molecule has 4 aromatic rings. The molecule has 0 N–H and O–H groups in total. The Bertz CT molecular complexity index is 1440. The van der Waals surface area contributed by atoms with E-state index in [0.717, 1.165) is 0 Å². The van der Waals surface area contributed by atoms with Gasteiger partial charge in [-0.25, -0.2) is 0 Å². The maximum atomic E-state index is 10.7. The van der Waals surface area contributed by atoms with Crippen LogP contribution in [0.15, 0.2) is 73.3 Å². The van der Waals surface area contributed by atoms with Gasteiger partial charge in [0, 0.05) is 47.0 Å². The minimum absolute atomic E-state index is 0. The third kappa shape index (κ3) is 12.8. The summed E-state index contributed by atoms with van der Waals surface area (Å²) in [6, 6.07) is 10.2. The zero-order valence-electron chi connectivity index (χ0n) is 21.0. The SMILES string of the molecule is O=C([O-])c1ccnc(-c2cc(C(=O)[O-])ccn2)c1.O=C([O-])c1ccnc(-c2cc(C(=O)[O-])ccn2)c1.[N-]=C=S.[N-]=C=S.[Ru+2]. The molecule has 17 heteroatoms. The van der Waals surface area contributed by atoms with Crippen LogP contribution in [0.25, 0.3) is 33.6 Å². The number of aromatic carboxylic acids is 4. The average molecular weight is 702 g/mol. The Hall–Kier alpha value is -5.30.